The number of aldehydes is 1. The summed E-state index contributed by atoms with van der Waals surface area (Å²) in [5.41, 5.74) is 0.990. The monoisotopic (exact) mass is 259 g/mol. The quantitative estimate of drug-likeness (QED) is 0.792. The van der Waals surface area contributed by atoms with Crippen molar-refractivity contribution < 1.29 is 9.18 Å². The normalized spacial score (nSPS) is 11.9. The molecule has 0 N–H and O–H groups in total. The number of hydrogen-bond acceptors (Lipinski definition) is 4. The molecule has 98 valence electrons. The summed E-state index contributed by atoms with van der Waals surface area (Å²) in [5.74, 6) is 0.188. The maximum absolute atomic E-state index is 13.7. The van der Waals surface area contributed by atoms with E-state index >= 15 is 0 Å². The average Bonchev–Trinajstić information content (AvgIpc) is 2.46. The summed E-state index contributed by atoms with van der Waals surface area (Å²) in [4.78, 5) is 20.5. The van der Waals surface area contributed by atoms with Gasteiger partial charge in [0.25, 0.3) is 0 Å². The third kappa shape index (κ3) is 2.76. The second kappa shape index (κ2) is 5.56. The SMILES string of the molecule is CC(c1ccccc1F)N(C)c1ncc(C=O)cn1. The zero-order valence-electron chi connectivity index (χ0n) is 10.7. The van der Waals surface area contributed by atoms with Crippen molar-refractivity contribution in [3.63, 3.8) is 0 Å². The molecule has 0 aliphatic heterocycles. The molecule has 1 unspecified atom stereocenters. The lowest BCUT2D eigenvalue weighted by Gasteiger charge is -2.25. The molecule has 2 aromatic rings. The molecule has 0 spiro atoms. The van der Waals surface area contributed by atoms with E-state index in [1.54, 1.807) is 30.1 Å². The molecule has 0 aliphatic rings. The van der Waals surface area contributed by atoms with Crippen molar-refractivity contribution in [3.05, 3.63) is 53.6 Å². The fraction of sp³-hybridized carbons (Fsp3) is 0.214. The fourth-order valence-corrected chi connectivity index (χ4v) is 1.77. The molecule has 0 saturated heterocycles. The molecular weight excluding hydrogens is 245 g/mol. The summed E-state index contributed by atoms with van der Waals surface area (Å²) in [6.45, 7) is 1.87. The summed E-state index contributed by atoms with van der Waals surface area (Å²) in [6, 6.07) is 6.40. The minimum Gasteiger partial charge on any atom is -0.337 e. The minimum absolute atomic E-state index is 0.205. The van der Waals surface area contributed by atoms with Gasteiger partial charge >= 0.3 is 0 Å². The number of carbonyl (C=O) groups is 1. The third-order valence-electron chi connectivity index (χ3n) is 3.05. The summed E-state index contributed by atoms with van der Waals surface area (Å²) in [7, 11) is 1.78. The number of anilines is 1. The van der Waals surface area contributed by atoms with E-state index in [0.717, 1.165) is 0 Å². The predicted molar refractivity (Wildman–Crippen MR) is 70.6 cm³/mol. The Labute approximate surface area is 110 Å². The molecule has 1 heterocycles. The summed E-state index contributed by atoms with van der Waals surface area (Å²) in [5, 5.41) is 0. The predicted octanol–water partition coefficient (Wildman–Crippen LogP) is 2.63. The van der Waals surface area contributed by atoms with Gasteiger partial charge in [-0.25, -0.2) is 14.4 Å². The lowest BCUT2D eigenvalue weighted by molar-refractivity contribution is 0.112. The first-order valence-electron chi connectivity index (χ1n) is 5.88. The van der Waals surface area contributed by atoms with E-state index in [-0.39, 0.29) is 11.9 Å². The standard InChI is InChI=1S/C14H14FN3O/c1-10(12-5-3-4-6-13(12)15)18(2)14-16-7-11(9-19)8-17-14/h3-10H,1-2H3. The van der Waals surface area contributed by atoms with Crippen LogP contribution >= 0.6 is 0 Å². The minimum atomic E-state index is -0.258. The Morgan fingerprint density at radius 2 is 1.89 bits per heavy atom. The lowest BCUT2D eigenvalue weighted by Crippen LogP contribution is -2.24. The van der Waals surface area contributed by atoms with Gasteiger partial charge in [-0.15, -0.1) is 0 Å². The van der Waals surface area contributed by atoms with E-state index in [0.29, 0.717) is 23.4 Å². The largest absolute Gasteiger partial charge is 0.337 e. The number of halogens is 1. The highest BCUT2D eigenvalue weighted by Gasteiger charge is 2.17. The van der Waals surface area contributed by atoms with Crippen LogP contribution in [-0.4, -0.2) is 23.3 Å². The van der Waals surface area contributed by atoms with E-state index in [2.05, 4.69) is 9.97 Å². The number of hydrogen-bond donors (Lipinski definition) is 0. The molecule has 19 heavy (non-hydrogen) atoms. The molecule has 0 aliphatic carbocycles. The van der Waals surface area contributed by atoms with Crippen molar-refractivity contribution in [2.45, 2.75) is 13.0 Å². The molecule has 0 bridgehead atoms. The van der Waals surface area contributed by atoms with Crippen molar-refractivity contribution in [2.75, 3.05) is 11.9 Å². The lowest BCUT2D eigenvalue weighted by atomic mass is 10.1. The van der Waals surface area contributed by atoms with Gasteiger partial charge in [-0.2, -0.15) is 0 Å². The molecule has 0 radical (unpaired) electrons. The van der Waals surface area contributed by atoms with Crippen molar-refractivity contribution in [1.29, 1.82) is 0 Å². The van der Waals surface area contributed by atoms with E-state index < -0.39 is 0 Å². The van der Waals surface area contributed by atoms with Crippen LogP contribution in [0.3, 0.4) is 0 Å². The van der Waals surface area contributed by atoms with Crippen molar-refractivity contribution in [3.8, 4) is 0 Å². The van der Waals surface area contributed by atoms with Gasteiger partial charge in [0.15, 0.2) is 6.29 Å². The van der Waals surface area contributed by atoms with Crippen molar-refractivity contribution in [1.82, 2.24) is 9.97 Å². The zero-order valence-corrected chi connectivity index (χ0v) is 10.7. The first kappa shape index (κ1) is 13.1. The van der Waals surface area contributed by atoms with E-state index in [4.69, 9.17) is 0 Å². The number of benzene rings is 1. The van der Waals surface area contributed by atoms with Crippen molar-refractivity contribution >= 4 is 12.2 Å². The Kier molecular flexibility index (Phi) is 3.85. The molecule has 2 rings (SSSR count). The van der Waals surface area contributed by atoms with Gasteiger partial charge in [0, 0.05) is 25.0 Å². The van der Waals surface area contributed by atoms with Gasteiger partial charge in [-0.05, 0) is 13.0 Å². The van der Waals surface area contributed by atoms with E-state index in [1.165, 1.54) is 18.5 Å². The average molecular weight is 259 g/mol. The smallest absolute Gasteiger partial charge is 0.225 e. The summed E-state index contributed by atoms with van der Waals surface area (Å²) >= 11 is 0. The van der Waals surface area contributed by atoms with Gasteiger partial charge < -0.3 is 4.90 Å². The maximum atomic E-state index is 13.7. The highest BCUT2D eigenvalue weighted by atomic mass is 19.1. The summed E-state index contributed by atoms with van der Waals surface area (Å²) in [6.07, 6.45) is 3.57. The Morgan fingerprint density at radius 1 is 1.26 bits per heavy atom. The molecule has 5 heteroatoms. The van der Waals surface area contributed by atoms with Gasteiger partial charge in [0.2, 0.25) is 5.95 Å². The number of nitrogens with zero attached hydrogens (tertiary/aromatic N) is 3. The van der Waals surface area contributed by atoms with Gasteiger partial charge in [-0.3, -0.25) is 4.79 Å². The Morgan fingerprint density at radius 3 is 2.47 bits per heavy atom. The second-order valence-electron chi connectivity index (χ2n) is 4.24. The summed E-state index contributed by atoms with van der Waals surface area (Å²) < 4.78 is 13.7. The van der Waals surface area contributed by atoms with Crippen LogP contribution < -0.4 is 4.90 Å². The fourth-order valence-electron chi connectivity index (χ4n) is 1.77. The van der Waals surface area contributed by atoms with Crippen molar-refractivity contribution in [2.24, 2.45) is 0 Å². The molecular formula is C14H14FN3O. The highest BCUT2D eigenvalue weighted by Crippen LogP contribution is 2.24. The van der Waals surface area contributed by atoms with Crippen LogP contribution in [0.15, 0.2) is 36.7 Å². The molecule has 1 atom stereocenters. The van der Waals surface area contributed by atoms with Crippen LogP contribution in [0.25, 0.3) is 0 Å². The Hall–Kier alpha value is -2.30. The number of carbonyl (C=O) groups excluding carboxylic acids is 1. The second-order valence-corrected chi connectivity index (χ2v) is 4.24. The maximum Gasteiger partial charge on any atom is 0.225 e. The highest BCUT2D eigenvalue weighted by molar-refractivity contribution is 5.73. The van der Waals surface area contributed by atoms with E-state index in [9.17, 15) is 9.18 Å². The molecule has 1 aromatic heterocycles. The van der Waals surface area contributed by atoms with Gasteiger partial charge in [0.1, 0.15) is 5.82 Å². The number of aromatic nitrogens is 2. The van der Waals surface area contributed by atoms with Gasteiger partial charge in [0.05, 0.1) is 11.6 Å². The first-order valence-corrected chi connectivity index (χ1v) is 5.88. The van der Waals surface area contributed by atoms with Crippen LogP contribution in [-0.2, 0) is 0 Å². The zero-order chi connectivity index (χ0) is 13.8. The Bertz CT molecular complexity index is 571. The first-order chi connectivity index (χ1) is 9.13. The topological polar surface area (TPSA) is 46.1 Å². The van der Waals surface area contributed by atoms with Gasteiger partial charge in [-0.1, -0.05) is 18.2 Å². The van der Waals surface area contributed by atoms with Crippen LogP contribution in [0, 0.1) is 5.82 Å². The van der Waals surface area contributed by atoms with Crippen LogP contribution in [0.2, 0.25) is 0 Å². The molecule has 4 nitrogen and oxygen atoms in total. The number of rotatable bonds is 4. The van der Waals surface area contributed by atoms with Crippen LogP contribution in [0.1, 0.15) is 28.9 Å². The molecule has 0 fully saturated rings. The van der Waals surface area contributed by atoms with E-state index in [1.807, 2.05) is 6.92 Å². The molecule has 0 saturated carbocycles. The molecule has 0 amide bonds. The molecule has 1 aromatic carbocycles. The van der Waals surface area contributed by atoms with Crippen LogP contribution in [0.4, 0.5) is 10.3 Å². The Balaban J connectivity index is 2.25. The third-order valence-corrected chi connectivity index (χ3v) is 3.05. The van der Waals surface area contributed by atoms with Crippen LogP contribution in [0.5, 0.6) is 0 Å².